The molecule has 104 valence electrons. The molecule has 0 radical (unpaired) electrons. The molecular formula is C15H16N2O3. The van der Waals surface area contributed by atoms with E-state index in [2.05, 4.69) is 5.10 Å². The maximum atomic E-state index is 11.9. The third kappa shape index (κ3) is 2.93. The van der Waals surface area contributed by atoms with E-state index in [0.717, 1.165) is 12.0 Å². The second kappa shape index (κ2) is 6.65. The number of hydrogen-bond donors (Lipinski definition) is 0. The number of carbonyl (C=O) groups is 2. The predicted octanol–water partition coefficient (Wildman–Crippen LogP) is 2.18. The maximum Gasteiger partial charge on any atom is 0.341 e. The molecule has 20 heavy (non-hydrogen) atoms. The zero-order valence-corrected chi connectivity index (χ0v) is 11.3. The number of rotatable bonds is 6. The number of benzene rings is 1. The molecule has 0 fully saturated rings. The Kier molecular flexibility index (Phi) is 4.65. The summed E-state index contributed by atoms with van der Waals surface area (Å²) >= 11 is 0. The van der Waals surface area contributed by atoms with Gasteiger partial charge < -0.3 is 9.53 Å². The summed E-state index contributed by atoms with van der Waals surface area (Å²) in [6, 6.07) is 9.48. The third-order valence-corrected chi connectivity index (χ3v) is 2.86. The molecular weight excluding hydrogens is 256 g/mol. The lowest BCUT2D eigenvalue weighted by atomic mass is 10.1. The highest BCUT2D eigenvalue weighted by atomic mass is 16.5. The Balaban J connectivity index is 2.42. The molecule has 0 aliphatic carbocycles. The highest BCUT2D eigenvalue weighted by molar-refractivity contribution is 5.90. The van der Waals surface area contributed by atoms with Crippen LogP contribution in [0.1, 0.15) is 29.4 Å². The summed E-state index contributed by atoms with van der Waals surface area (Å²) in [5.41, 5.74) is 1.96. The molecule has 0 saturated carbocycles. The second-order valence-corrected chi connectivity index (χ2v) is 4.18. The van der Waals surface area contributed by atoms with E-state index >= 15 is 0 Å². The normalized spacial score (nSPS) is 10.2. The number of hydrogen-bond acceptors (Lipinski definition) is 4. The molecule has 0 spiro atoms. The summed E-state index contributed by atoms with van der Waals surface area (Å²) in [6.07, 6.45) is 3.11. The minimum atomic E-state index is -0.407. The van der Waals surface area contributed by atoms with E-state index in [-0.39, 0.29) is 0 Å². The molecule has 0 unspecified atom stereocenters. The van der Waals surface area contributed by atoms with Gasteiger partial charge in [-0.05, 0) is 25.5 Å². The van der Waals surface area contributed by atoms with Crippen molar-refractivity contribution in [1.29, 1.82) is 0 Å². The smallest absolute Gasteiger partial charge is 0.341 e. The van der Waals surface area contributed by atoms with E-state index in [9.17, 15) is 9.59 Å². The van der Waals surface area contributed by atoms with Crippen molar-refractivity contribution in [3.8, 4) is 5.69 Å². The highest BCUT2D eigenvalue weighted by Gasteiger charge is 2.18. The largest absolute Gasteiger partial charge is 0.462 e. The molecule has 5 heteroatoms. The van der Waals surface area contributed by atoms with Crippen LogP contribution in [0.2, 0.25) is 0 Å². The van der Waals surface area contributed by atoms with Gasteiger partial charge >= 0.3 is 5.97 Å². The molecule has 0 aliphatic heterocycles. The molecule has 0 N–H and O–H groups in total. The number of aromatic nitrogens is 2. The summed E-state index contributed by atoms with van der Waals surface area (Å²) in [5.74, 6) is -0.407. The van der Waals surface area contributed by atoms with Crippen LogP contribution in [0.3, 0.4) is 0 Å². The van der Waals surface area contributed by atoms with Crippen molar-refractivity contribution < 1.29 is 14.3 Å². The van der Waals surface area contributed by atoms with Gasteiger partial charge in [0.1, 0.15) is 11.8 Å². The monoisotopic (exact) mass is 272 g/mol. The van der Waals surface area contributed by atoms with E-state index in [4.69, 9.17) is 4.74 Å². The van der Waals surface area contributed by atoms with Crippen molar-refractivity contribution in [3.05, 3.63) is 47.8 Å². The van der Waals surface area contributed by atoms with Gasteiger partial charge in [0.2, 0.25) is 0 Å². The lowest BCUT2D eigenvalue weighted by Crippen LogP contribution is -2.10. The van der Waals surface area contributed by atoms with Crippen molar-refractivity contribution >= 4 is 12.3 Å². The van der Waals surface area contributed by atoms with Crippen molar-refractivity contribution in [2.24, 2.45) is 0 Å². The first-order valence-corrected chi connectivity index (χ1v) is 6.51. The first kappa shape index (κ1) is 14.0. The highest BCUT2D eigenvalue weighted by Crippen LogP contribution is 2.17. The van der Waals surface area contributed by atoms with Crippen LogP contribution >= 0.6 is 0 Å². The van der Waals surface area contributed by atoms with Gasteiger partial charge in [-0.3, -0.25) is 0 Å². The van der Waals surface area contributed by atoms with Crippen LogP contribution in [0.5, 0.6) is 0 Å². The van der Waals surface area contributed by atoms with E-state index < -0.39 is 5.97 Å². The van der Waals surface area contributed by atoms with Crippen LogP contribution in [0.15, 0.2) is 36.5 Å². The maximum absolute atomic E-state index is 11.9. The zero-order valence-electron chi connectivity index (χ0n) is 11.3. The summed E-state index contributed by atoms with van der Waals surface area (Å²) in [6.45, 7) is 2.06. The van der Waals surface area contributed by atoms with Crippen LogP contribution in [-0.2, 0) is 16.0 Å². The average molecular weight is 272 g/mol. The van der Waals surface area contributed by atoms with Crippen molar-refractivity contribution in [3.63, 3.8) is 0 Å². The predicted molar refractivity (Wildman–Crippen MR) is 73.9 cm³/mol. The molecule has 0 aliphatic rings. The second-order valence-electron chi connectivity index (χ2n) is 4.18. The fraction of sp³-hybridized carbons (Fsp3) is 0.267. The lowest BCUT2D eigenvalue weighted by molar-refractivity contribution is -0.107. The van der Waals surface area contributed by atoms with Gasteiger partial charge in [-0.25, -0.2) is 9.48 Å². The minimum absolute atomic E-state index is 0.308. The standard InChI is InChI=1S/C15H16N2O3/c1-2-20-15(19)13-11-16-17(14(13)9-6-10-18)12-7-4-3-5-8-12/h3-5,7-8,10-11H,2,6,9H2,1H3. The van der Waals surface area contributed by atoms with Crippen LogP contribution in [0.4, 0.5) is 0 Å². The third-order valence-electron chi connectivity index (χ3n) is 2.86. The summed E-state index contributed by atoms with van der Waals surface area (Å²) < 4.78 is 6.69. The average Bonchev–Trinajstić information content (AvgIpc) is 2.90. The first-order chi connectivity index (χ1) is 9.77. The molecule has 0 amide bonds. The number of carbonyl (C=O) groups excluding carboxylic acids is 2. The number of ether oxygens (including phenoxy) is 1. The quantitative estimate of drug-likeness (QED) is 0.597. The number of para-hydroxylation sites is 1. The van der Waals surface area contributed by atoms with Crippen molar-refractivity contribution in [2.75, 3.05) is 6.61 Å². The Morgan fingerprint density at radius 3 is 2.75 bits per heavy atom. The zero-order chi connectivity index (χ0) is 14.4. The van der Waals surface area contributed by atoms with Gasteiger partial charge in [0.25, 0.3) is 0 Å². The fourth-order valence-corrected chi connectivity index (χ4v) is 1.98. The van der Waals surface area contributed by atoms with Crippen molar-refractivity contribution in [1.82, 2.24) is 9.78 Å². The van der Waals surface area contributed by atoms with E-state index in [0.29, 0.717) is 30.7 Å². The number of esters is 1. The van der Waals surface area contributed by atoms with Gasteiger partial charge in [0.15, 0.2) is 0 Å². The Morgan fingerprint density at radius 2 is 2.10 bits per heavy atom. The molecule has 1 heterocycles. The molecule has 2 aromatic rings. The van der Waals surface area contributed by atoms with Gasteiger partial charge in [0, 0.05) is 6.42 Å². The number of aldehydes is 1. The van der Waals surface area contributed by atoms with E-state index in [1.165, 1.54) is 6.20 Å². The Labute approximate surface area is 117 Å². The van der Waals surface area contributed by atoms with Crippen LogP contribution < -0.4 is 0 Å². The van der Waals surface area contributed by atoms with Crippen LogP contribution in [-0.4, -0.2) is 28.6 Å². The van der Waals surface area contributed by atoms with Crippen LogP contribution in [0, 0.1) is 0 Å². The summed E-state index contributed by atoms with van der Waals surface area (Å²) in [7, 11) is 0. The summed E-state index contributed by atoms with van der Waals surface area (Å²) in [4.78, 5) is 22.5. The van der Waals surface area contributed by atoms with E-state index in [1.807, 2.05) is 30.3 Å². The van der Waals surface area contributed by atoms with Crippen LogP contribution in [0.25, 0.3) is 5.69 Å². The van der Waals surface area contributed by atoms with E-state index in [1.54, 1.807) is 11.6 Å². The molecule has 1 aromatic heterocycles. The Bertz CT molecular complexity index is 590. The van der Waals surface area contributed by atoms with Gasteiger partial charge in [-0.2, -0.15) is 5.10 Å². The molecule has 0 bridgehead atoms. The topological polar surface area (TPSA) is 61.2 Å². The van der Waals surface area contributed by atoms with Gasteiger partial charge in [0.05, 0.1) is 24.2 Å². The Morgan fingerprint density at radius 1 is 1.35 bits per heavy atom. The molecule has 1 aromatic carbocycles. The molecule has 2 rings (SSSR count). The first-order valence-electron chi connectivity index (χ1n) is 6.51. The SMILES string of the molecule is CCOC(=O)c1cnn(-c2ccccc2)c1CCC=O. The van der Waals surface area contributed by atoms with Gasteiger partial charge in [-0.15, -0.1) is 0 Å². The fourth-order valence-electron chi connectivity index (χ4n) is 1.98. The Hall–Kier alpha value is -2.43. The minimum Gasteiger partial charge on any atom is -0.462 e. The molecule has 0 saturated heterocycles. The lowest BCUT2D eigenvalue weighted by Gasteiger charge is -2.08. The summed E-state index contributed by atoms with van der Waals surface area (Å²) in [5, 5.41) is 4.24. The van der Waals surface area contributed by atoms with Crippen molar-refractivity contribution in [2.45, 2.75) is 19.8 Å². The number of nitrogens with zero attached hydrogens (tertiary/aromatic N) is 2. The molecule has 0 atom stereocenters. The molecule has 5 nitrogen and oxygen atoms in total. The van der Waals surface area contributed by atoms with Gasteiger partial charge in [-0.1, -0.05) is 18.2 Å².